The van der Waals surface area contributed by atoms with E-state index < -0.39 is 17.4 Å². The van der Waals surface area contributed by atoms with Gasteiger partial charge in [-0.2, -0.15) is 13.2 Å². The Labute approximate surface area is 130 Å². The molecule has 1 aromatic heterocycles. The number of amides is 1. The molecule has 2 fully saturated rings. The van der Waals surface area contributed by atoms with Gasteiger partial charge in [0.15, 0.2) is 0 Å². The van der Waals surface area contributed by atoms with E-state index in [2.05, 4.69) is 9.36 Å². The third kappa shape index (κ3) is 2.45. The molecule has 9 heteroatoms. The van der Waals surface area contributed by atoms with Crippen molar-refractivity contribution in [2.75, 3.05) is 31.1 Å². The zero-order valence-corrected chi connectivity index (χ0v) is 13.1. The molecule has 6 nitrogen and oxygen atoms in total. The van der Waals surface area contributed by atoms with Crippen molar-refractivity contribution in [3.8, 4) is 0 Å². The van der Waals surface area contributed by atoms with Crippen LogP contribution in [0, 0.1) is 6.92 Å². The van der Waals surface area contributed by atoms with Crippen LogP contribution in [-0.4, -0.2) is 63.0 Å². The summed E-state index contributed by atoms with van der Waals surface area (Å²) in [5.41, 5.74) is -2.16. The van der Waals surface area contributed by atoms with Gasteiger partial charge < -0.3 is 14.9 Å². The number of aromatic nitrogens is 2. The molecule has 0 unspecified atom stereocenters. The first-order valence-electron chi connectivity index (χ1n) is 7.28. The summed E-state index contributed by atoms with van der Waals surface area (Å²) < 4.78 is 32.5. The Kier molecular flexibility index (Phi) is 3.80. The number of hydrogen-bond acceptors (Lipinski definition) is 6. The van der Waals surface area contributed by atoms with Crippen LogP contribution in [0.1, 0.15) is 25.1 Å². The van der Waals surface area contributed by atoms with Gasteiger partial charge in [-0.15, -0.1) is 0 Å². The maximum atomic E-state index is 14.2. The number of anilines is 1. The Morgan fingerprint density at radius 1 is 1.32 bits per heavy atom. The highest BCUT2D eigenvalue weighted by Gasteiger charge is 2.62. The number of halogens is 2. The summed E-state index contributed by atoms with van der Waals surface area (Å²) in [7, 11) is 0. The van der Waals surface area contributed by atoms with Gasteiger partial charge in [-0.05, 0) is 26.2 Å². The lowest BCUT2D eigenvalue weighted by molar-refractivity contribution is -0.223. The molecule has 1 saturated carbocycles. The minimum absolute atomic E-state index is 0.0181. The Bertz CT molecular complexity index is 568. The van der Waals surface area contributed by atoms with E-state index in [0.717, 1.165) is 10.0 Å². The van der Waals surface area contributed by atoms with E-state index in [1.165, 1.54) is 11.5 Å². The van der Waals surface area contributed by atoms with E-state index in [1.54, 1.807) is 6.92 Å². The van der Waals surface area contributed by atoms with Crippen molar-refractivity contribution in [3.05, 3.63) is 5.82 Å². The third-order valence-corrected chi connectivity index (χ3v) is 5.26. The number of aryl methyl sites for hydroxylation is 1. The van der Waals surface area contributed by atoms with Crippen LogP contribution in [0.2, 0.25) is 0 Å². The van der Waals surface area contributed by atoms with Crippen LogP contribution < -0.4 is 4.90 Å². The molecule has 1 N–H and O–H groups in total. The zero-order valence-electron chi connectivity index (χ0n) is 12.3. The van der Waals surface area contributed by atoms with Crippen LogP contribution in [-0.2, 0) is 4.79 Å². The molecule has 2 aliphatic rings. The average Bonchev–Trinajstić information content (AvgIpc) is 2.90. The second-order valence-electron chi connectivity index (χ2n) is 5.86. The number of piperazine rings is 1. The van der Waals surface area contributed by atoms with Crippen molar-refractivity contribution in [1.82, 2.24) is 14.3 Å². The topological polar surface area (TPSA) is 69.6 Å². The molecule has 122 valence electrons. The van der Waals surface area contributed by atoms with Crippen molar-refractivity contribution in [2.24, 2.45) is 0 Å². The van der Waals surface area contributed by atoms with E-state index in [1.807, 2.05) is 4.90 Å². The summed E-state index contributed by atoms with van der Waals surface area (Å²) >= 11 is 1.26. The highest BCUT2D eigenvalue weighted by atomic mass is 32.1. The fraction of sp³-hybridized carbons (Fsp3) is 0.769. The van der Waals surface area contributed by atoms with E-state index in [9.17, 15) is 18.7 Å². The maximum Gasteiger partial charge on any atom is 0.352 e. The lowest BCUT2D eigenvalue weighted by atomic mass is 9.75. The molecule has 1 aromatic rings. The first-order valence-corrected chi connectivity index (χ1v) is 8.06. The van der Waals surface area contributed by atoms with Gasteiger partial charge in [-0.1, -0.05) is 0 Å². The number of carbonyl (C=O) groups excluding carboxylic acids is 1. The molecular weight excluding hydrogens is 314 g/mol. The van der Waals surface area contributed by atoms with Gasteiger partial charge in [0.2, 0.25) is 5.13 Å². The van der Waals surface area contributed by atoms with Crippen molar-refractivity contribution >= 4 is 22.6 Å². The second-order valence-corrected chi connectivity index (χ2v) is 6.59. The van der Waals surface area contributed by atoms with E-state index >= 15 is 0 Å². The number of alkyl halides is 2. The van der Waals surface area contributed by atoms with Gasteiger partial charge >= 0.3 is 5.92 Å². The monoisotopic (exact) mass is 332 g/mol. The van der Waals surface area contributed by atoms with E-state index in [0.29, 0.717) is 25.3 Å². The molecule has 3 rings (SSSR count). The molecule has 1 amide bonds. The molecule has 1 aliphatic carbocycles. The fourth-order valence-electron chi connectivity index (χ4n) is 2.74. The lowest BCUT2D eigenvalue weighted by Gasteiger charge is -2.44. The van der Waals surface area contributed by atoms with Gasteiger partial charge in [-0.3, -0.25) is 4.79 Å². The normalized spacial score (nSPS) is 21.6. The Morgan fingerprint density at radius 3 is 2.41 bits per heavy atom. The largest absolute Gasteiger partial charge is 0.383 e. The highest BCUT2D eigenvalue weighted by Crippen LogP contribution is 2.45. The van der Waals surface area contributed by atoms with Gasteiger partial charge in [0, 0.05) is 37.7 Å². The van der Waals surface area contributed by atoms with Crippen molar-refractivity contribution < 1.29 is 18.7 Å². The quantitative estimate of drug-likeness (QED) is 0.896. The predicted molar refractivity (Wildman–Crippen MR) is 77.2 cm³/mol. The Balaban J connectivity index is 1.62. The first kappa shape index (κ1) is 15.5. The lowest BCUT2D eigenvalue weighted by Crippen LogP contribution is -2.63. The fourth-order valence-corrected chi connectivity index (χ4v) is 3.46. The molecule has 0 atom stereocenters. The maximum absolute atomic E-state index is 14.2. The average molecular weight is 332 g/mol. The third-order valence-electron chi connectivity index (χ3n) is 4.39. The van der Waals surface area contributed by atoms with Crippen molar-refractivity contribution in [2.45, 2.75) is 37.7 Å². The van der Waals surface area contributed by atoms with Gasteiger partial charge in [0.1, 0.15) is 11.4 Å². The molecular formula is C13H18F2N4O2S. The molecule has 0 aromatic carbocycles. The SMILES string of the molecule is Cc1nsc(N2CCN(C(=O)C(F)(F)C3(O)CCC3)CC2)n1. The van der Waals surface area contributed by atoms with Crippen LogP contribution in [0.4, 0.5) is 13.9 Å². The van der Waals surface area contributed by atoms with Gasteiger partial charge in [0.05, 0.1) is 0 Å². The van der Waals surface area contributed by atoms with Crippen LogP contribution >= 0.6 is 11.5 Å². The zero-order chi connectivity index (χ0) is 16.0. The van der Waals surface area contributed by atoms with E-state index in [4.69, 9.17) is 0 Å². The van der Waals surface area contributed by atoms with Gasteiger partial charge in [-0.25, -0.2) is 4.98 Å². The molecule has 22 heavy (non-hydrogen) atoms. The number of rotatable bonds is 3. The number of hydrogen-bond donors (Lipinski definition) is 1. The van der Waals surface area contributed by atoms with Crippen LogP contribution in [0.15, 0.2) is 0 Å². The van der Waals surface area contributed by atoms with Crippen LogP contribution in [0.3, 0.4) is 0 Å². The number of aliphatic hydroxyl groups is 1. The molecule has 0 bridgehead atoms. The minimum Gasteiger partial charge on any atom is -0.383 e. The predicted octanol–water partition coefficient (Wildman–Crippen LogP) is 1.05. The number of carbonyl (C=O) groups is 1. The Morgan fingerprint density at radius 2 is 1.95 bits per heavy atom. The highest BCUT2D eigenvalue weighted by molar-refractivity contribution is 7.09. The minimum atomic E-state index is -3.70. The first-order chi connectivity index (χ1) is 10.3. The van der Waals surface area contributed by atoms with Gasteiger partial charge in [0.25, 0.3) is 5.91 Å². The second kappa shape index (κ2) is 5.38. The summed E-state index contributed by atoms with van der Waals surface area (Å²) in [4.78, 5) is 19.4. The Hall–Kier alpha value is -1.35. The molecule has 1 aliphatic heterocycles. The van der Waals surface area contributed by atoms with E-state index in [-0.39, 0.29) is 25.9 Å². The molecule has 2 heterocycles. The standard InChI is InChI=1S/C13H18F2N4O2S/c1-9-16-11(22-17-9)19-7-5-18(6-8-19)10(20)13(14,15)12(21)3-2-4-12/h21H,2-8H2,1H3. The summed E-state index contributed by atoms with van der Waals surface area (Å²) in [6.07, 6.45) is 0.495. The molecule has 0 spiro atoms. The van der Waals surface area contributed by atoms with Crippen LogP contribution in [0.5, 0.6) is 0 Å². The van der Waals surface area contributed by atoms with Crippen molar-refractivity contribution in [3.63, 3.8) is 0 Å². The number of nitrogens with zero attached hydrogens (tertiary/aromatic N) is 4. The van der Waals surface area contributed by atoms with Crippen LogP contribution in [0.25, 0.3) is 0 Å². The molecule has 1 saturated heterocycles. The summed E-state index contributed by atoms with van der Waals surface area (Å²) in [6, 6.07) is 0. The molecule has 0 radical (unpaired) electrons. The van der Waals surface area contributed by atoms with Crippen molar-refractivity contribution in [1.29, 1.82) is 0 Å². The summed E-state index contributed by atoms with van der Waals surface area (Å²) in [5.74, 6) is -4.28. The summed E-state index contributed by atoms with van der Waals surface area (Å²) in [5, 5.41) is 10.6. The smallest absolute Gasteiger partial charge is 0.352 e. The summed E-state index contributed by atoms with van der Waals surface area (Å²) in [6.45, 7) is 3.07.